The maximum Gasteiger partial charge on any atom is 0.258 e. The SMILES string of the molecule is CCCNCc1cn[nH]c1S(=O)(=O)NCc1cc(C)on1. The molecule has 0 aliphatic carbocycles. The van der Waals surface area contributed by atoms with Crippen molar-refractivity contribution >= 4 is 10.0 Å². The largest absolute Gasteiger partial charge is 0.361 e. The van der Waals surface area contributed by atoms with Crippen molar-refractivity contribution in [1.29, 1.82) is 0 Å². The third-order valence-corrected chi connectivity index (χ3v) is 4.22. The summed E-state index contributed by atoms with van der Waals surface area (Å²) in [6.45, 7) is 5.12. The van der Waals surface area contributed by atoms with Gasteiger partial charge in [0.05, 0.1) is 18.4 Å². The number of hydrogen-bond acceptors (Lipinski definition) is 6. The van der Waals surface area contributed by atoms with Crippen molar-refractivity contribution in [3.05, 3.63) is 29.3 Å². The number of nitrogens with one attached hydrogen (secondary N) is 3. The predicted octanol–water partition coefficient (Wildman–Crippen LogP) is 0.684. The van der Waals surface area contributed by atoms with Crippen LogP contribution in [0.1, 0.15) is 30.4 Å². The van der Waals surface area contributed by atoms with Crippen LogP contribution < -0.4 is 10.0 Å². The molecule has 2 aromatic rings. The molecule has 0 atom stereocenters. The third kappa shape index (κ3) is 4.13. The minimum atomic E-state index is -3.66. The van der Waals surface area contributed by atoms with Crippen LogP contribution in [0.5, 0.6) is 0 Å². The first kappa shape index (κ1) is 15.7. The van der Waals surface area contributed by atoms with Crippen molar-refractivity contribution < 1.29 is 12.9 Å². The van der Waals surface area contributed by atoms with Gasteiger partial charge in [0, 0.05) is 18.2 Å². The highest BCUT2D eigenvalue weighted by Gasteiger charge is 2.20. The molecule has 0 spiro atoms. The van der Waals surface area contributed by atoms with Gasteiger partial charge in [-0.3, -0.25) is 5.10 Å². The van der Waals surface area contributed by atoms with Gasteiger partial charge in [-0.05, 0) is 19.9 Å². The summed E-state index contributed by atoms with van der Waals surface area (Å²) in [6, 6.07) is 1.68. The van der Waals surface area contributed by atoms with E-state index in [0.717, 1.165) is 13.0 Å². The maximum atomic E-state index is 12.3. The molecule has 2 rings (SSSR count). The molecule has 0 fully saturated rings. The molecule has 116 valence electrons. The van der Waals surface area contributed by atoms with Crippen LogP contribution in [0.3, 0.4) is 0 Å². The molecule has 0 saturated carbocycles. The molecule has 8 nitrogen and oxygen atoms in total. The second kappa shape index (κ2) is 6.83. The molecule has 0 saturated heterocycles. The Labute approximate surface area is 123 Å². The Hall–Kier alpha value is -1.71. The van der Waals surface area contributed by atoms with Crippen LogP contribution in [0, 0.1) is 6.92 Å². The summed E-state index contributed by atoms with van der Waals surface area (Å²) in [6.07, 6.45) is 2.49. The predicted molar refractivity (Wildman–Crippen MR) is 75.9 cm³/mol. The Bertz CT molecular complexity index is 677. The van der Waals surface area contributed by atoms with Gasteiger partial charge in [-0.2, -0.15) is 5.10 Å². The summed E-state index contributed by atoms with van der Waals surface area (Å²) in [7, 11) is -3.66. The lowest BCUT2D eigenvalue weighted by molar-refractivity contribution is 0.390. The number of rotatable bonds is 8. The Morgan fingerprint density at radius 3 is 2.86 bits per heavy atom. The summed E-state index contributed by atoms with van der Waals surface area (Å²) >= 11 is 0. The highest BCUT2D eigenvalue weighted by molar-refractivity contribution is 7.89. The average molecular weight is 313 g/mol. The molecule has 0 amide bonds. The molecule has 0 bridgehead atoms. The monoisotopic (exact) mass is 313 g/mol. The summed E-state index contributed by atoms with van der Waals surface area (Å²) in [5.74, 6) is 0.634. The van der Waals surface area contributed by atoms with E-state index in [1.165, 1.54) is 6.20 Å². The molecule has 2 heterocycles. The number of nitrogens with zero attached hydrogens (tertiary/aromatic N) is 2. The number of sulfonamides is 1. The van der Waals surface area contributed by atoms with Gasteiger partial charge in [0.1, 0.15) is 5.76 Å². The highest BCUT2D eigenvalue weighted by atomic mass is 32.2. The van der Waals surface area contributed by atoms with Crippen LogP contribution >= 0.6 is 0 Å². The van der Waals surface area contributed by atoms with E-state index in [9.17, 15) is 8.42 Å². The van der Waals surface area contributed by atoms with Crippen LogP contribution in [0.2, 0.25) is 0 Å². The molecule has 0 radical (unpaired) electrons. The quantitative estimate of drug-likeness (QED) is 0.618. The maximum absolute atomic E-state index is 12.3. The van der Waals surface area contributed by atoms with E-state index in [2.05, 4.69) is 25.4 Å². The zero-order valence-corrected chi connectivity index (χ0v) is 12.8. The highest BCUT2D eigenvalue weighted by Crippen LogP contribution is 2.12. The minimum absolute atomic E-state index is 0.0700. The van der Waals surface area contributed by atoms with Gasteiger partial charge >= 0.3 is 0 Å². The standard InChI is InChI=1S/C12H19N5O3S/c1-3-4-13-6-10-7-14-16-12(10)21(18,19)15-8-11-5-9(2)20-17-11/h5,7,13,15H,3-4,6,8H2,1-2H3,(H,14,16). The van der Waals surface area contributed by atoms with Crippen molar-refractivity contribution in [1.82, 2.24) is 25.4 Å². The van der Waals surface area contributed by atoms with Crippen LogP contribution in [0.4, 0.5) is 0 Å². The normalized spacial score (nSPS) is 11.9. The molecule has 0 aliphatic rings. The first-order valence-electron chi connectivity index (χ1n) is 6.67. The fourth-order valence-electron chi connectivity index (χ4n) is 1.80. The Morgan fingerprint density at radius 1 is 1.38 bits per heavy atom. The molecular weight excluding hydrogens is 294 g/mol. The number of H-pyrrole nitrogens is 1. The van der Waals surface area contributed by atoms with Crippen molar-refractivity contribution in [2.24, 2.45) is 0 Å². The fourth-order valence-corrected chi connectivity index (χ4v) is 2.93. The molecule has 0 unspecified atom stereocenters. The number of aromatic nitrogens is 3. The average Bonchev–Trinajstić information content (AvgIpc) is 3.06. The van der Waals surface area contributed by atoms with Gasteiger partial charge in [-0.1, -0.05) is 12.1 Å². The van der Waals surface area contributed by atoms with E-state index in [1.54, 1.807) is 13.0 Å². The zero-order valence-electron chi connectivity index (χ0n) is 12.0. The number of hydrogen-bond donors (Lipinski definition) is 3. The van der Waals surface area contributed by atoms with Gasteiger partial charge in [0.15, 0.2) is 5.03 Å². The van der Waals surface area contributed by atoms with Crippen LogP contribution in [-0.4, -0.2) is 30.3 Å². The van der Waals surface area contributed by atoms with Gasteiger partial charge in [0.2, 0.25) is 0 Å². The molecular formula is C12H19N5O3S. The summed E-state index contributed by atoms with van der Waals surface area (Å²) in [5.41, 5.74) is 1.13. The van der Waals surface area contributed by atoms with Crippen molar-refractivity contribution in [2.75, 3.05) is 6.54 Å². The Kier molecular flexibility index (Phi) is 5.10. The van der Waals surface area contributed by atoms with Gasteiger partial charge in [-0.15, -0.1) is 0 Å². The lowest BCUT2D eigenvalue weighted by Crippen LogP contribution is -2.25. The number of aromatic amines is 1. The van der Waals surface area contributed by atoms with Gasteiger partial charge in [0.25, 0.3) is 10.0 Å². The third-order valence-electron chi connectivity index (χ3n) is 2.81. The zero-order chi connectivity index (χ0) is 15.3. The number of aryl methyl sites for hydroxylation is 1. The van der Waals surface area contributed by atoms with Crippen molar-refractivity contribution in [3.63, 3.8) is 0 Å². The van der Waals surface area contributed by atoms with Gasteiger partial charge < -0.3 is 9.84 Å². The topological polar surface area (TPSA) is 113 Å². The molecule has 3 N–H and O–H groups in total. The van der Waals surface area contributed by atoms with Gasteiger partial charge in [-0.25, -0.2) is 13.1 Å². The van der Waals surface area contributed by atoms with E-state index in [0.29, 0.717) is 23.6 Å². The second-order valence-electron chi connectivity index (χ2n) is 4.65. The van der Waals surface area contributed by atoms with Crippen LogP contribution in [0.15, 0.2) is 21.8 Å². The van der Waals surface area contributed by atoms with Crippen molar-refractivity contribution in [3.8, 4) is 0 Å². The smallest absolute Gasteiger partial charge is 0.258 e. The van der Waals surface area contributed by atoms with E-state index in [-0.39, 0.29) is 11.6 Å². The lowest BCUT2D eigenvalue weighted by atomic mass is 10.3. The summed E-state index contributed by atoms with van der Waals surface area (Å²) in [5, 5.41) is 13.3. The fraction of sp³-hybridized carbons (Fsp3) is 0.500. The first-order valence-corrected chi connectivity index (χ1v) is 8.16. The molecule has 2 aromatic heterocycles. The van der Waals surface area contributed by atoms with E-state index in [4.69, 9.17) is 4.52 Å². The van der Waals surface area contributed by atoms with Crippen LogP contribution in [0.25, 0.3) is 0 Å². The van der Waals surface area contributed by atoms with E-state index in [1.807, 2.05) is 6.92 Å². The Balaban J connectivity index is 2.03. The molecule has 0 aromatic carbocycles. The molecule has 0 aliphatic heterocycles. The molecule has 9 heteroatoms. The lowest BCUT2D eigenvalue weighted by Gasteiger charge is -2.06. The summed E-state index contributed by atoms with van der Waals surface area (Å²) < 4.78 is 31.9. The Morgan fingerprint density at radius 2 is 2.19 bits per heavy atom. The van der Waals surface area contributed by atoms with E-state index >= 15 is 0 Å². The summed E-state index contributed by atoms with van der Waals surface area (Å²) in [4.78, 5) is 0. The first-order chi connectivity index (χ1) is 10.0. The van der Waals surface area contributed by atoms with Crippen LogP contribution in [-0.2, 0) is 23.1 Å². The molecule has 21 heavy (non-hydrogen) atoms. The van der Waals surface area contributed by atoms with Crippen molar-refractivity contribution in [2.45, 2.75) is 38.4 Å². The second-order valence-corrected chi connectivity index (χ2v) is 6.36. The van der Waals surface area contributed by atoms with E-state index < -0.39 is 10.0 Å². The minimum Gasteiger partial charge on any atom is -0.361 e.